The number of methoxy groups -OCH3 is 1. The number of fused-ring (bicyclic) bond motifs is 1. The monoisotopic (exact) mass is 446 g/mol. The van der Waals surface area contributed by atoms with Crippen molar-refractivity contribution in [3.8, 4) is 5.75 Å². The van der Waals surface area contributed by atoms with Gasteiger partial charge in [-0.3, -0.25) is 9.59 Å². The Kier molecular flexibility index (Phi) is 7.42. The van der Waals surface area contributed by atoms with E-state index in [4.69, 9.17) is 4.74 Å². The molecule has 4 rings (SSSR count). The van der Waals surface area contributed by atoms with E-state index < -0.39 is 0 Å². The molecule has 1 aliphatic rings. The van der Waals surface area contributed by atoms with Gasteiger partial charge in [0.2, 0.25) is 0 Å². The summed E-state index contributed by atoms with van der Waals surface area (Å²) in [7, 11) is 1.62. The van der Waals surface area contributed by atoms with E-state index in [1.165, 1.54) is 19.3 Å². The molecule has 33 heavy (non-hydrogen) atoms. The van der Waals surface area contributed by atoms with Crippen LogP contribution < -0.4 is 15.4 Å². The van der Waals surface area contributed by atoms with E-state index in [9.17, 15) is 9.59 Å². The summed E-state index contributed by atoms with van der Waals surface area (Å²) in [6, 6.07) is 14.6. The van der Waals surface area contributed by atoms with Crippen molar-refractivity contribution < 1.29 is 14.3 Å². The van der Waals surface area contributed by atoms with E-state index in [-0.39, 0.29) is 17.5 Å². The van der Waals surface area contributed by atoms with Gasteiger partial charge < -0.3 is 25.3 Å². The van der Waals surface area contributed by atoms with Crippen LogP contribution in [0.4, 0.5) is 0 Å². The zero-order chi connectivity index (χ0) is 23.0. The number of likely N-dealkylation sites (tertiary alicyclic amines) is 1. The largest absolute Gasteiger partial charge is 0.497 e. The Labute approximate surface area is 193 Å². The second-order valence-electron chi connectivity index (χ2n) is 8.19. The highest BCUT2D eigenvalue weighted by molar-refractivity contribution is 6.06. The highest BCUT2D eigenvalue weighted by atomic mass is 16.5. The van der Waals surface area contributed by atoms with Crippen LogP contribution in [0.2, 0.25) is 0 Å². The predicted octanol–water partition coefficient (Wildman–Crippen LogP) is 3.55. The normalized spacial score (nSPS) is 14.8. The van der Waals surface area contributed by atoms with Crippen LogP contribution in [0, 0.1) is 0 Å². The smallest absolute Gasteiger partial charge is 0.267 e. The van der Waals surface area contributed by atoms with Crippen molar-refractivity contribution in [2.75, 3.05) is 33.3 Å². The summed E-state index contributed by atoms with van der Waals surface area (Å²) in [5, 5.41) is 6.68. The highest BCUT2D eigenvalue weighted by Crippen LogP contribution is 2.25. The fraction of sp³-hybridized carbons (Fsp3) is 0.308. The SMILES string of the molecule is COc1ccc2[nH]cc(/C=C(\NC(=O)c3ccccc3)C(=O)NCCN3CCCCC3)c2c1. The van der Waals surface area contributed by atoms with Crippen molar-refractivity contribution in [2.24, 2.45) is 0 Å². The zero-order valence-electron chi connectivity index (χ0n) is 18.9. The zero-order valence-corrected chi connectivity index (χ0v) is 18.9. The van der Waals surface area contributed by atoms with E-state index in [2.05, 4.69) is 20.5 Å². The van der Waals surface area contributed by atoms with Gasteiger partial charge in [0, 0.05) is 41.3 Å². The number of aromatic nitrogens is 1. The van der Waals surface area contributed by atoms with Crippen molar-refractivity contribution in [1.82, 2.24) is 20.5 Å². The molecule has 2 heterocycles. The number of hydrogen-bond acceptors (Lipinski definition) is 4. The van der Waals surface area contributed by atoms with Gasteiger partial charge in [0.25, 0.3) is 11.8 Å². The van der Waals surface area contributed by atoms with Crippen LogP contribution in [-0.4, -0.2) is 55.0 Å². The van der Waals surface area contributed by atoms with Crippen molar-refractivity contribution in [3.63, 3.8) is 0 Å². The Hall–Kier alpha value is -3.58. The second kappa shape index (κ2) is 10.8. The van der Waals surface area contributed by atoms with Crippen LogP contribution in [0.3, 0.4) is 0 Å². The van der Waals surface area contributed by atoms with E-state index in [1.807, 2.05) is 30.5 Å². The third kappa shape index (κ3) is 5.81. The Morgan fingerprint density at radius 2 is 1.88 bits per heavy atom. The van der Waals surface area contributed by atoms with Crippen LogP contribution in [0.5, 0.6) is 5.75 Å². The topological polar surface area (TPSA) is 86.5 Å². The third-order valence-electron chi connectivity index (χ3n) is 5.91. The first kappa shape index (κ1) is 22.6. The summed E-state index contributed by atoms with van der Waals surface area (Å²) in [5.41, 5.74) is 2.40. The third-order valence-corrected chi connectivity index (χ3v) is 5.91. The lowest BCUT2D eigenvalue weighted by atomic mass is 10.1. The Balaban J connectivity index is 1.55. The molecule has 0 unspecified atom stereocenters. The Morgan fingerprint density at radius 3 is 2.64 bits per heavy atom. The van der Waals surface area contributed by atoms with Crippen LogP contribution in [0.15, 0.2) is 60.4 Å². The fourth-order valence-electron chi connectivity index (χ4n) is 4.07. The summed E-state index contributed by atoms with van der Waals surface area (Å²) in [4.78, 5) is 31.5. The maximum absolute atomic E-state index is 13.1. The van der Waals surface area contributed by atoms with Gasteiger partial charge in [-0.1, -0.05) is 24.6 Å². The first-order valence-corrected chi connectivity index (χ1v) is 11.4. The average Bonchev–Trinajstić information content (AvgIpc) is 3.26. The predicted molar refractivity (Wildman–Crippen MR) is 130 cm³/mol. The van der Waals surface area contributed by atoms with Gasteiger partial charge >= 0.3 is 0 Å². The first-order chi connectivity index (χ1) is 16.1. The lowest BCUT2D eigenvalue weighted by molar-refractivity contribution is -0.117. The molecular formula is C26H30N4O3. The van der Waals surface area contributed by atoms with E-state index in [0.717, 1.165) is 41.9 Å². The minimum atomic E-state index is -0.328. The Morgan fingerprint density at radius 1 is 1.09 bits per heavy atom. The lowest BCUT2D eigenvalue weighted by Gasteiger charge is -2.26. The molecule has 0 saturated carbocycles. The number of carbonyl (C=O) groups excluding carboxylic acids is 2. The van der Waals surface area contributed by atoms with Crippen molar-refractivity contribution >= 4 is 28.8 Å². The summed E-state index contributed by atoms with van der Waals surface area (Å²) < 4.78 is 5.34. The molecule has 3 N–H and O–H groups in total. The van der Waals surface area contributed by atoms with Crippen LogP contribution in [-0.2, 0) is 4.79 Å². The molecule has 1 saturated heterocycles. The minimum absolute atomic E-state index is 0.200. The van der Waals surface area contributed by atoms with Crippen molar-refractivity contribution in [3.05, 3.63) is 71.6 Å². The number of aromatic amines is 1. The maximum Gasteiger partial charge on any atom is 0.267 e. The summed E-state index contributed by atoms with van der Waals surface area (Å²) >= 11 is 0. The number of carbonyl (C=O) groups is 2. The highest BCUT2D eigenvalue weighted by Gasteiger charge is 2.16. The standard InChI is InChI=1S/C26H30N4O3/c1-33-21-10-11-23-22(17-21)20(18-28-23)16-24(29-25(31)19-8-4-2-5-9-19)26(32)27-12-15-30-13-6-3-7-14-30/h2,4-5,8-11,16-18,28H,3,6-7,12-15H2,1H3,(H,27,32)(H,29,31)/b24-16-. The lowest BCUT2D eigenvalue weighted by Crippen LogP contribution is -2.40. The number of rotatable bonds is 8. The quantitative estimate of drug-likeness (QED) is 0.462. The molecule has 0 atom stereocenters. The number of hydrogen-bond donors (Lipinski definition) is 3. The first-order valence-electron chi connectivity index (χ1n) is 11.4. The van der Waals surface area contributed by atoms with Gasteiger partial charge in [-0.25, -0.2) is 0 Å². The summed E-state index contributed by atoms with van der Waals surface area (Å²) in [6.45, 7) is 3.47. The number of piperidine rings is 1. The number of nitrogens with one attached hydrogen (secondary N) is 3. The van der Waals surface area contributed by atoms with Gasteiger partial charge in [0.05, 0.1) is 7.11 Å². The average molecular weight is 447 g/mol. The molecule has 0 spiro atoms. The molecule has 1 aromatic heterocycles. The molecule has 1 fully saturated rings. The van der Waals surface area contributed by atoms with Gasteiger partial charge in [-0.15, -0.1) is 0 Å². The van der Waals surface area contributed by atoms with E-state index in [1.54, 1.807) is 37.5 Å². The van der Waals surface area contributed by atoms with Gasteiger partial charge in [-0.2, -0.15) is 0 Å². The number of benzene rings is 2. The molecule has 1 aliphatic heterocycles. The van der Waals surface area contributed by atoms with Gasteiger partial charge in [-0.05, 0) is 62.3 Å². The fourth-order valence-corrected chi connectivity index (χ4v) is 4.07. The molecule has 0 aliphatic carbocycles. The second-order valence-corrected chi connectivity index (χ2v) is 8.19. The Bertz CT molecular complexity index is 1130. The number of H-pyrrole nitrogens is 1. The van der Waals surface area contributed by atoms with E-state index >= 15 is 0 Å². The molecule has 2 amide bonds. The summed E-state index contributed by atoms with van der Waals surface area (Å²) in [6.07, 6.45) is 7.21. The molecule has 7 heteroatoms. The molecule has 0 bridgehead atoms. The van der Waals surface area contributed by atoms with Crippen molar-refractivity contribution in [1.29, 1.82) is 0 Å². The maximum atomic E-state index is 13.1. The van der Waals surface area contributed by atoms with Crippen molar-refractivity contribution in [2.45, 2.75) is 19.3 Å². The van der Waals surface area contributed by atoms with Crippen LogP contribution in [0.25, 0.3) is 17.0 Å². The molecule has 0 radical (unpaired) electrons. The number of ether oxygens (including phenoxy) is 1. The molecule has 3 aromatic rings. The summed E-state index contributed by atoms with van der Waals surface area (Å²) in [5.74, 6) is 0.0802. The van der Waals surface area contributed by atoms with Gasteiger partial charge in [0.1, 0.15) is 11.4 Å². The van der Waals surface area contributed by atoms with Crippen LogP contribution >= 0.6 is 0 Å². The minimum Gasteiger partial charge on any atom is -0.497 e. The number of amides is 2. The van der Waals surface area contributed by atoms with Crippen LogP contribution in [0.1, 0.15) is 35.2 Å². The molecule has 2 aromatic carbocycles. The van der Waals surface area contributed by atoms with Gasteiger partial charge in [0.15, 0.2) is 0 Å². The van der Waals surface area contributed by atoms with E-state index in [0.29, 0.717) is 12.1 Å². The number of nitrogens with zero attached hydrogens (tertiary/aromatic N) is 1. The molecule has 172 valence electrons. The molecule has 7 nitrogen and oxygen atoms in total. The molecular weight excluding hydrogens is 416 g/mol.